The fourth-order valence-corrected chi connectivity index (χ4v) is 2.60. The van der Waals surface area contributed by atoms with E-state index in [1.54, 1.807) is 0 Å². The van der Waals surface area contributed by atoms with E-state index in [0.29, 0.717) is 10.3 Å². The summed E-state index contributed by atoms with van der Waals surface area (Å²) in [6, 6.07) is 12.1. The number of hydrogen-bond acceptors (Lipinski definition) is 3. The highest BCUT2D eigenvalue weighted by molar-refractivity contribution is 9.10. The quantitative estimate of drug-likeness (QED) is 0.685. The first-order valence-corrected chi connectivity index (χ1v) is 7.41. The highest BCUT2D eigenvalue weighted by atomic mass is 79.9. The van der Waals surface area contributed by atoms with Gasteiger partial charge in [0.15, 0.2) is 5.82 Å². The highest BCUT2D eigenvalue weighted by Crippen LogP contribution is 2.25. The van der Waals surface area contributed by atoms with E-state index in [0.717, 1.165) is 20.9 Å². The van der Waals surface area contributed by atoms with Gasteiger partial charge >= 0.3 is 0 Å². The third kappa shape index (κ3) is 2.62. The van der Waals surface area contributed by atoms with Gasteiger partial charge in [-0.05, 0) is 51.0 Å². The average Bonchev–Trinajstić information content (AvgIpc) is 2.44. The van der Waals surface area contributed by atoms with E-state index in [4.69, 9.17) is 0 Å². The standard InChI is InChI=1S/C14H9Br2N3O/c15-10-3-1-9-6-11(4-2-8(9)5-10)19-13-12(16)14(20)18-7-17-13/h1-7H,(H2,17,18,19,20). The Bertz CT molecular complexity index is 845. The van der Waals surface area contributed by atoms with Crippen molar-refractivity contribution in [1.29, 1.82) is 0 Å². The molecule has 3 aromatic rings. The fourth-order valence-electron chi connectivity index (χ4n) is 1.90. The van der Waals surface area contributed by atoms with Crippen molar-refractivity contribution in [3.8, 4) is 0 Å². The van der Waals surface area contributed by atoms with E-state index in [1.807, 2.05) is 30.3 Å². The summed E-state index contributed by atoms with van der Waals surface area (Å²) in [5.41, 5.74) is 0.658. The molecule has 0 bridgehead atoms. The molecule has 0 amide bonds. The second-order valence-corrected chi connectivity index (χ2v) is 5.93. The molecule has 0 radical (unpaired) electrons. The van der Waals surface area contributed by atoms with Crippen LogP contribution >= 0.6 is 31.9 Å². The normalized spacial score (nSPS) is 10.7. The van der Waals surface area contributed by atoms with Crippen LogP contribution in [0.3, 0.4) is 0 Å². The van der Waals surface area contributed by atoms with E-state index >= 15 is 0 Å². The van der Waals surface area contributed by atoms with Gasteiger partial charge in [0.05, 0.1) is 6.33 Å². The van der Waals surface area contributed by atoms with Crippen molar-refractivity contribution in [2.24, 2.45) is 0 Å². The first-order valence-electron chi connectivity index (χ1n) is 5.83. The number of nitrogens with one attached hydrogen (secondary N) is 2. The maximum Gasteiger partial charge on any atom is 0.267 e. The van der Waals surface area contributed by atoms with E-state index in [-0.39, 0.29) is 5.56 Å². The first-order chi connectivity index (χ1) is 9.63. The second-order valence-electron chi connectivity index (χ2n) is 4.23. The summed E-state index contributed by atoms with van der Waals surface area (Å²) in [5, 5.41) is 5.38. The van der Waals surface area contributed by atoms with Gasteiger partial charge in [0.25, 0.3) is 5.56 Å². The van der Waals surface area contributed by atoms with Crippen molar-refractivity contribution in [1.82, 2.24) is 9.97 Å². The molecule has 4 nitrogen and oxygen atoms in total. The lowest BCUT2D eigenvalue weighted by Crippen LogP contribution is -2.09. The number of hydrogen-bond donors (Lipinski definition) is 2. The number of fused-ring (bicyclic) bond motifs is 1. The van der Waals surface area contributed by atoms with Gasteiger partial charge in [0, 0.05) is 10.2 Å². The zero-order chi connectivity index (χ0) is 14.1. The summed E-state index contributed by atoms with van der Waals surface area (Å²) < 4.78 is 1.43. The number of halogens is 2. The third-order valence-corrected chi connectivity index (χ3v) is 4.09. The number of rotatable bonds is 2. The van der Waals surface area contributed by atoms with Crippen LogP contribution in [0.1, 0.15) is 0 Å². The van der Waals surface area contributed by atoms with Gasteiger partial charge in [-0.3, -0.25) is 4.79 Å². The van der Waals surface area contributed by atoms with Crippen molar-refractivity contribution in [3.05, 3.63) is 62.0 Å². The van der Waals surface area contributed by atoms with E-state index < -0.39 is 0 Å². The number of anilines is 2. The number of nitrogens with zero attached hydrogens (tertiary/aromatic N) is 1. The van der Waals surface area contributed by atoms with Crippen molar-refractivity contribution in [2.45, 2.75) is 0 Å². The molecular weight excluding hydrogens is 386 g/mol. The molecule has 0 aliphatic heterocycles. The molecule has 0 fully saturated rings. The number of aromatic nitrogens is 2. The van der Waals surface area contributed by atoms with Crippen LogP contribution in [0.5, 0.6) is 0 Å². The smallest absolute Gasteiger partial charge is 0.267 e. The summed E-state index contributed by atoms with van der Waals surface area (Å²) in [4.78, 5) is 18.1. The summed E-state index contributed by atoms with van der Waals surface area (Å²) in [7, 11) is 0. The van der Waals surface area contributed by atoms with E-state index in [9.17, 15) is 4.79 Å². The molecule has 20 heavy (non-hydrogen) atoms. The number of benzene rings is 2. The summed E-state index contributed by atoms with van der Waals surface area (Å²) in [6.45, 7) is 0. The Hall–Kier alpha value is -1.66. The summed E-state index contributed by atoms with van der Waals surface area (Å²) >= 11 is 6.67. The first kappa shape index (κ1) is 13.3. The van der Waals surface area contributed by atoms with Crippen LogP contribution in [0.25, 0.3) is 10.8 Å². The van der Waals surface area contributed by atoms with E-state index in [2.05, 4.69) is 53.2 Å². The Morgan fingerprint density at radius 3 is 2.65 bits per heavy atom. The third-order valence-electron chi connectivity index (χ3n) is 2.86. The fraction of sp³-hybridized carbons (Fsp3) is 0. The van der Waals surface area contributed by atoms with Gasteiger partial charge in [-0.25, -0.2) is 4.98 Å². The predicted octanol–water partition coefficient (Wildman–Crippen LogP) is 4.19. The van der Waals surface area contributed by atoms with Gasteiger partial charge in [-0.1, -0.05) is 28.1 Å². The molecule has 2 aromatic carbocycles. The van der Waals surface area contributed by atoms with Crippen LogP contribution in [0.15, 0.2) is 56.5 Å². The molecule has 6 heteroatoms. The lowest BCUT2D eigenvalue weighted by Gasteiger charge is -2.08. The molecule has 0 aliphatic carbocycles. The number of aromatic amines is 1. The Balaban J connectivity index is 2.01. The van der Waals surface area contributed by atoms with Crippen molar-refractivity contribution in [3.63, 3.8) is 0 Å². The minimum Gasteiger partial charge on any atom is -0.339 e. The molecule has 0 atom stereocenters. The maximum atomic E-state index is 11.5. The molecule has 0 unspecified atom stereocenters. The topological polar surface area (TPSA) is 57.8 Å². The van der Waals surface area contributed by atoms with Crippen LogP contribution in [0.4, 0.5) is 11.5 Å². The molecule has 0 saturated carbocycles. The molecule has 1 aromatic heterocycles. The molecule has 2 N–H and O–H groups in total. The monoisotopic (exact) mass is 393 g/mol. The molecule has 0 saturated heterocycles. The Morgan fingerprint density at radius 1 is 1.05 bits per heavy atom. The lowest BCUT2D eigenvalue weighted by atomic mass is 10.1. The molecule has 0 aliphatic rings. The SMILES string of the molecule is O=c1[nH]cnc(Nc2ccc3cc(Br)ccc3c2)c1Br. The minimum atomic E-state index is -0.216. The second kappa shape index (κ2) is 5.38. The Morgan fingerprint density at radius 2 is 1.80 bits per heavy atom. The van der Waals surface area contributed by atoms with Crippen LogP contribution in [-0.2, 0) is 0 Å². The van der Waals surface area contributed by atoms with Gasteiger partial charge in [-0.2, -0.15) is 0 Å². The van der Waals surface area contributed by atoms with Gasteiger partial charge in [0.1, 0.15) is 4.47 Å². The zero-order valence-corrected chi connectivity index (χ0v) is 13.3. The zero-order valence-electron chi connectivity index (χ0n) is 10.2. The predicted molar refractivity (Wildman–Crippen MR) is 87.5 cm³/mol. The van der Waals surface area contributed by atoms with Crippen molar-refractivity contribution >= 4 is 54.1 Å². The van der Waals surface area contributed by atoms with Crippen LogP contribution in [0.2, 0.25) is 0 Å². The molecule has 3 rings (SSSR count). The van der Waals surface area contributed by atoms with Crippen LogP contribution in [0, 0.1) is 0 Å². The largest absolute Gasteiger partial charge is 0.339 e. The summed E-state index contributed by atoms with van der Waals surface area (Å²) in [6.07, 6.45) is 1.37. The maximum absolute atomic E-state index is 11.5. The molecule has 0 spiro atoms. The van der Waals surface area contributed by atoms with Gasteiger partial charge in [-0.15, -0.1) is 0 Å². The molecule has 1 heterocycles. The average molecular weight is 395 g/mol. The highest BCUT2D eigenvalue weighted by Gasteiger charge is 2.06. The number of H-pyrrole nitrogens is 1. The van der Waals surface area contributed by atoms with Gasteiger partial charge in [0.2, 0.25) is 0 Å². The van der Waals surface area contributed by atoms with Crippen LogP contribution < -0.4 is 10.9 Å². The summed E-state index contributed by atoms with van der Waals surface area (Å²) in [5.74, 6) is 0.491. The van der Waals surface area contributed by atoms with Crippen LogP contribution in [-0.4, -0.2) is 9.97 Å². The Labute approximate surface area is 131 Å². The Kier molecular flexibility index (Phi) is 3.58. The minimum absolute atomic E-state index is 0.216. The van der Waals surface area contributed by atoms with Crippen molar-refractivity contribution in [2.75, 3.05) is 5.32 Å². The molecular formula is C14H9Br2N3O. The lowest BCUT2D eigenvalue weighted by molar-refractivity contribution is 1.10. The molecule has 100 valence electrons. The van der Waals surface area contributed by atoms with Gasteiger partial charge < -0.3 is 10.3 Å². The van der Waals surface area contributed by atoms with Crippen molar-refractivity contribution < 1.29 is 0 Å². The van der Waals surface area contributed by atoms with E-state index in [1.165, 1.54) is 6.33 Å².